The molecule has 0 unspecified atom stereocenters. The van der Waals surface area contributed by atoms with Crippen molar-refractivity contribution in [3.63, 3.8) is 0 Å². The molecular weight excluding hydrogens is 200 g/mol. The van der Waals surface area contributed by atoms with Gasteiger partial charge in [-0.3, -0.25) is 0 Å². The molecule has 0 aliphatic heterocycles. The highest BCUT2D eigenvalue weighted by Crippen LogP contribution is 2.51. The molecule has 3 rings (SSSR count). The van der Waals surface area contributed by atoms with Crippen molar-refractivity contribution in [1.29, 1.82) is 0 Å². The Bertz CT molecular complexity index is 252. The molecule has 3 fully saturated rings. The summed E-state index contributed by atoms with van der Waals surface area (Å²) in [4.78, 5) is 0. The average molecular weight is 224 g/mol. The molecule has 0 heterocycles. The summed E-state index contributed by atoms with van der Waals surface area (Å²) < 4.78 is 0. The number of fused-ring (bicyclic) bond motifs is 2. The standard InChI is InChI=1S/C14H24O2/c15-13-6-1-4-11(13)10-12-5-2-7-14(12,16)9-3-8-13/h11-12,15-16H,1-10H2/t11-,12+,13+,14-. The first-order valence-corrected chi connectivity index (χ1v) is 7.07. The Balaban J connectivity index is 1.81. The highest BCUT2D eigenvalue weighted by atomic mass is 16.3. The fourth-order valence-electron chi connectivity index (χ4n) is 4.63. The number of aliphatic hydroxyl groups is 2. The molecular formula is C14H24O2. The average Bonchev–Trinajstić information content (AvgIpc) is 2.73. The highest BCUT2D eigenvalue weighted by molar-refractivity contribution is 5.01. The van der Waals surface area contributed by atoms with Crippen molar-refractivity contribution in [2.45, 2.75) is 75.4 Å². The second-order valence-electron chi connectivity index (χ2n) is 6.47. The zero-order valence-corrected chi connectivity index (χ0v) is 10.1. The van der Waals surface area contributed by atoms with Crippen LogP contribution in [0.5, 0.6) is 0 Å². The molecule has 3 aliphatic carbocycles. The van der Waals surface area contributed by atoms with Crippen molar-refractivity contribution in [3.8, 4) is 0 Å². The van der Waals surface area contributed by atoms with Crippen LogP contribution in [0.1, 0.15) is 64.2 Å². The van der Waals surface area contributed by atoms with E-state index in [4.69, 9.17) is 0 Å². The lowest BCUT2D eigenvalue weighted by Crippen LogP contribution is -2.42. The van der Waals surface area contributed by atoms with Crippen LogP contribution in [0.3, 0.4) is 0 Å². The van der Waals surface area contributed by atoms with E-state index in [1.165, 1.54) is 25.7 Å². The van der Waals surface area contributed by atoms with Crippen LogP contribution in [0.4, 0.5) is 0 Å². The number of hydrogen-bond acceptors (Lipinski definition) is 2. The summed E-state index contributed by atoms with van der Waals surface area (Å²) in [6.45, 7) is 0. The third-order valence-corrected chi connectivity index (χ3v) is 5.63. The first kappa shape index (κ1) is 11.0. The topological polar surface area (TPSA) is 40.5 Å². The zero-order valence-electron chi connectivity index (χ0n) is 10.1. The van der Waals surface area contributed by atoms with Crippen molar-refractivity contribution in [3.05, 3.63) is 0 Å². The van der Waals surface area contributed by atoms with E-state index < -0.39 is 0 Å². The first-order chi connectivity index (χ1) is 7.62. The molecule has 16 heavy (non-hydrogen) atoms. The lowest BCUT2D eigenvalue weighted by Gasteiger charge is -2.40. The summed E-state index contributed by atoms with van der Waals surface area (Å²) in [6.07, 6.45) is 10.7. The van der Waals surface area contributed by atoms with Gasteiger partial charge in [0, 0.05) is 0 Å². The van der Waals surface area contributed by atoms with Gasteiger partial charge in [-0.1, -0.05) is 12.8 Å². The van der Waals surface area contributed by atoms with Gasteiger partial charge in [-0.15, -0.1) is 0 Å². The van der Waals surface area contributed by atoms with Crippen LogP contribution < -0.4 is 0 Å². The molecule has 4 atom stereocenters. The molecule has 0 saturated heterocycles. The Kier molecular flexibility index (Phi) is 2.56. The van der Waals surface area contributed by atoms with Gasteiger partial charge in [-0.25, -0.2) is 0 Å². The maximum Gasteiger partial charge on any atom is 0.0676 e. The Morgan fingerprint density at radius 3 is 1.62 bits per heavy atom. The molecule has 0 aromatic heterocycles. The molecule has 2 nitrogen and oxygen atoms in total. The third-order valence-electron chi connectivity index (χ3n) is 5.63. The molecule has 0 radical (unpaired) electrons. The van der Waals surface area contributed by atoms with Gasteiger partial charge in [0.15, 0.2) is 0 Å². The second-order valence-corrected chi connectivity index (χ2v) is 6.47. The molecule has 3 saturated carbocycles. The maximum atomic E-state index is 10.6. The van der Waals surface area contributed by atoms with Crippen molar-refractivity contribution in [2.75, 3.05) is 0 Å². The summed E-state index contributed by atoms with van der Waals surface area (Å²) >= 11 is 0. The van der Waals surface area contributed by atoms with Crippen LogP contribution >= 0.6 is 0 Å². The Labute approximate surface area is 98.1 Å². The molecule has 2 heteroatoms. The van der Waals surface area contributed by atoms with Gasteiger partial charge in [0.25, 0.3) is 0 Å². The van der Waals surface area contributed by atoms with E-state index in [9.17, 15) is 10.2 Å². The summed E-state index contributed by atoms with van der Waals surface area (Å²) in [5, 5.41) is 21.3. The lowest BCUT2D eigenvalue weighted by molar-refractivity contribution is -0.0731. The van der Waals surface area contributed by atoms with Gasteiger partial charge >= 0.3 is 0 Å². The lowest BCUT2D eigenvalue weighted by atomic mass is 9.71. The van der Waals surface area contributed by atoms with Gasteiger partial charge in [-0.2, -0.15) is 0 Å². The van der Waals surface area contributed by atoms with Crippen molar-refractivity contribution >= 4 is 0 Å². The quantitative estimate of drug-likeness (QED) is 0.664. The normalized spacial score (nSPS) is 52.9. The summed E-state index contributed by atoms with van der Waals surface area (Å²) in [7, 11) is 0. The minimum atomic E-state index is -0.371. The van der Waals surface area contributed by atoms with Gasteiger partial charge in [-0.05, 0) is 63.2 Å². The van der Waals surface area contributed by atoms with Crippen LogP contribution in [-0.2, 0) is 0 Å². The Morgan fingerprint density at radius 1 is 0.688 bits per heavy atom. The van der Waals surface area contributed by atoms with Crippen LogP contribution in [0, 0.1) is 11.8 Å². The van der Waals surface area contributed by atoms with Crippen molar-refractivity contribution in [1.82, 2.24) is 0 Å². The van der Waals surface area contributed by atoms with Crippen LogP contribution in [0.15, 0.2) is 0 Å². The Hall–Kier alpha value is -0.0800. The largest absolute Gasteiger partial charge is 0.390 e. The van der Waals surface area contributed by atoms with Gasteiger partial charge in [0.2, 0.25) is 0 Å². The molecule has 0 amide bonds. The Morgan fingerprint density at radius 2 is 1.12 bits per heavy atom. The summed E-state index contributed by atoms with van der Waals surface area (Å²) in [5.41, 5.74) is -0.742. The monoisotopic (exact) mass is 224 g/mol. The fourth-order valence-corrected chi connectivity index (χ4v) is 4.63. The van der Waals surface area contributed by atoms with E-state index in [1.807, 2.05) is 0 Å². The van der Waals surface area contributed by atoms with Gasteiger partial charge in [0.05, 0.1) is 11.2 Å². The number of rotatable bonds is 0. The van der Waals surface area contributed by atoms with E-state index in [1.54, 1.807) is 0 Å². The van der Waals surface area contributed by atoms with Crippen LogP contribution in [0.2, 0.25) is 0 Å². The van der Waals surface area contributed by atoms with E-state index in [0.717, 1.165) is 38.5 Å². The summed E-state index contributed by atoms with van der Waals surface area (Å²) in [6, 6.07) is 0. The first-order valence-electron chi connectivity index (χ1n) is 7.07. The van der Waals surface area contributed by atoms with E-state index in [0.29, 0.717) is 11.8 Å². The molecule has 0 aromatic carbocycles. The fraction of sp³-hybridized carbons (Fsp3) is 1.00. The van der Waals surface area contributed by atoms with Crippen LogP contribution in [0.25, 0.3) is 0 Å². The van der Waals surface area contributed by atoms with E-state index in [-0.39, 0.29) is 11.2 Å². The summed E-state index contributed by atoms with van der Waals surface area (Å²) in [5.74, 6) is 0.949. The predicted molar refractivity (Wildman–Crippen MR) is 63.0 cm³/mol. The van der Waals surface area contributed by atoms with Crippen molar-refractivity contribution < 1.29 is 10.2 Å². The van der Waals surface area contributed by atoms with E-state index >= 15 is 0 Å². The van der Waals surface area contributed by atoms with Crippen LogP contribution in [-0.4, -0.2) is 21.4 Å². The molecule has 92 valence electrons. The smallest absolute Gasteiger partial charge is 0.0676 e. The molecule has 0 aromatic rings. The van der Waals surface area contributed by atoms with Gasteiger partial charge in [0.1, 0.15) is 0 Å². The third kappa shape index (κ3) is 1.62. The minimum absolute atomic E-state index is 0.371. The van der Waals surface area contributed by atoms with Crippen molar-refractivity contribution in [2.24, 2.45) is 11.8 Å². The minimum Gasteiger partial charge on any atom is -0.390 e. The molecule has 0 spiro atoms. The van der Waals surface area contributed by atoms with Gasteiger partial charge < -0.3 is 10.2 Å². The molecule has 2 N–H and O–H groups in total. The molecule has 3 aliphatic rings. The second kappa shape index (κ2) is 3.71. The SMILES string of the molecule is O[C@]12CCC[C@@H]1C[C@@H]1CCC[C@@]1(O)CCC2. The maximum absolute atomic E-state index is 10.6. The number of hydrogen-bond donors (Lipinski definition) is 2. The zero-order chi connectivity index (χ0) is 11.2. The predicted octanol–water partition coefficient (Wildman–Crippen LogP) is 2.62. The highest BCUT2D eigenvalue weighted by Gasteiger charge is 2.49. The molecule has 0 bridgehead atoms. The van der Waals surface area contributed by atoms with E-state index in [2.05, 4.69) is 0 Å².